The number of aromatic nitrogens is 1. The van der Waals surface area contributed by atoms with Crippen LogP contribution in [-0.2, 0) is 11.3 Å². The molecular weight excluding hydrogens is 206 g/mol. The van der Waals surface area contributed by atoms with E-state index in [1.807, 2.05) is 36.4 Å². The van der Waals surface area contributed by atoms with Crippen LogP contribution in [0.4, 0.5) is 0 Å². The third-order valence-electron chi connectivity index (χ3n) is 2.08. The van der Waals surface area contributed by atoms with Gasteiger partial charge in [-0.3, -0.25) is 0 Å². The van der Waals surface area contributed by atoms with E-state index in [1.165, 1.54) is 0 Å². The average molecular weight is 217 g/mol. The molecule has 2 rings (SSSR count). The lowest BCUT2D eigenvalue weighted by Crippen LogP contribution is -1.98. The first-order chi connectivity index (χ1) is 7.25. The molecule has 0 bridgehead atoms. The van der Waals surface area contributed by atoms with E-state index in [9.17, 15) is 0 Å². The van der Waals surface area contributed by atoms with Crippen molar-refractivity contribution in [3.05, 3.63) is 42.1 Å². The van der Waals surface area contributed by atoms with Gasteiger partial charge in [-0.2, -0.15) is 0 Å². The minimum atomic E-state index is 0.445. The minimum Gasteiger partial charge on any atom is -0.481 e. The first kappa shape index (κ1) is 10.1. The number of para-hydroxylation sites is 1. The average Bonchev–Trinajstić information content (AvgIpc) is 2.26. The summed E-state index contributed by atoms with van der Waals surface area (Å²) in [6.07, 6.45) is 0. The number of fused-ring (bicyclic) bond motifs is 1. The van der Waals surface area contributed by atoms with Crippen LogP contribution in [0.15, 0.2) is 36.4 Å². The molecular formula is C12H11NOS. The Hall–Kier alpha value is -1.48. The van der Waals surface area contributed by atoms with E-state index >= 15 is 0 Å². The monoisotopic (exact) mass is 217 g/mol. The first-order valence-corrected chi connectivity index (χ1v) is 5.14. The Balaban J connectivity index is 2.26. The van der Waals surface area contributed by atoms with E-state index in [-0.39, 0.29) is 0 Å². The highest BCUT2D eigenvalue weighted by Crippen LogP contribution is 2.12. The molecule has 0 unspecified atom stereocenters. The maximum atomic E-state index is 5.25. The number of hydrogen-bond acceptors (Lipinski definition) is 3. The lowest BCUT2D eigenvalue weighted by atomic mass is 10.2. The zero-order chi connectivity index (χ0) is 10.7. The van der Waals surface area contributed by atoms with Crippen LogP contribution in [0.2, 0.25) is 0 Å². The van der Waals surface area contributed by atoms with Crippen molar-refractivity contribution >= 4 is 28.2 Å². The van der Waals surface area contributed by atoms with Gasteiger partial charge in [-0.15, -0.1) is 0 Å². The Kier molecular flexibility index (Phi) is 2.92. The van der Waals surface area contributed by atoms with Gasteiger partial charge >= 0.3 is 0 Å². The van der Waals surface area contributed by atoms with Crippen molar-refractivity contribution in [2.75, 3.05) is 0 Å². The van der Waals surface area contributed by atoms with Gasteiger partial charge in [-0.25, -0.2) is 4.98 Å². The predicted octanol–water partition coefficient (Wildman–Crippen LogP) is 3.10. The summed E-state index contributed by atoms with van der Waals surface area (Å²) in [5, 5.41) is 1.69. The number of rotatable bonds is 2. The van der Waals surface area contributed by atoms with Crippen LogP contribution in [0.5, 0.6) is 0 Å². The molecule has 1 aromatic carbocycles. The summed E-state index contributed by atoms with van der Waals surface area (Å²) in [7, 11) is 0. The van der Waals surface area contributed by atoms with E-state index in [0.717, 1.165) is 16.6 Å². The van der Waals surface area contributed by atoms with E-state index in [1.54, 1.807) is 6.92 Å². The third kappa shape index (κ3) is 2.50. The molecule has 1 heterocycles. The Morgan fingerprint density at radius 2 is 2.07 bits per heavy atom. The fraction of sp³-hybridized carbons (Fsp3) is 0.167. The van der Waals surface area contributed by atoms with Gasteiger partial charge in [0.05, 0.1) is 11.2 Å². The maximum absolute atomic E-state index is 5.25. The highest BCUT2D eigenvalue weighted by Gasteiger charge is 1.98. The number of ether oxygens (including phenoxy) is 1. The van der Waals surface area contributed by atoms with Crippen molar-refractivity contribution in [2.24, 2.45) is 0 Å². The zero-order valence-corrected chi connectivity index (χ0v) is 9.25. The Morgan fingerprint density at radius 3 is 2.87 bits per heavy atom. The molecule has 0 aliphatic carbocycles. The summed E-state index contributed by atoms with van der Waals surface area (Å²) in [6.45, 7) is 2.20. The van der Waals surface area contributed by atoms with Crippen molar-refractivity contribution in [1.82, 2.24) is 4.98 Å². The molecule has 1 aromatic heterocycles. The summed E-state index contributed by atoms with van der Waals surface area (Å²) in [5.74, 6) is 0. The molecule has 2 aromatic rings. The van der Waals surface area contributed by atoms with Crippen molar-refractivity contribution in [3.8, 4) is 0 Å². The number of nitrogens with zero attached hydrogens (tertiary/aromatic N) is 1. The first-order valence-electron chi connectivity index (χ1n) is 4.74. The molecule has 3 heteroatoms. The van der Waals surface area contributed by atoms with Crippen LogP contribution in [0.3, 0.4) is 0 Å². The van der Waals surface area contributed by atoms with E-state index < -0.39 is 0 Å². The van der Waals surface area contributed by atoms with Crippen LogP contribution < -0.4 is 0 Å². The lowest BCUT2D eigenvalue weighted by molar-refractivity contribution is 0.294. The second kappa shape index (κ2) is 4.36. The maximum Gasteiger partial charge on any atom is 0.157 e. The molecule has 2 nitrogen and oxygen atoms in total. The molecule has 0 aliphatic rings. The standard InChI is InChI=1S/C12H11NOS/c1-9(15)14-8-11-7-6-10-4-2-3-5-12(10)13-11/h2-7H,8H2,1H3. The normalized spacial score (nSPS) is 10.2. The number of benzene rings is 1. The second-order valence-corrected chi connectivity index (χ2v) is 3.85. The summed E-state index contributed by atoms with van der Waals surface area (Å²) in [4.78, 5) is 4.46. The molecule has 0 amide bonds. The summed E-state index contributed by atoms with van der Waals surface area (Å²) in [6, 6.07) is 12.0. The molecule has 0 spiro atoms. The number of hydrogen-bond donors (Lipinski definition) is 0. The summed E-state index contributed by atoms with van der Waals surface area (Å²) < 4.78 is 5.25. The quantitative estimate of drug-likeness (QED) is 0.722. The smallest absolute Gasteiger partial charge is 0.157 e. The van der Waals surface area contributed by atoms with Gasteiger partial charge in [0.1, 0.15) is 6.61 Å². The van der Waals surface area contributed by atoms with Crippen molar-refractivity contribution in [3.63, 3.8) is 0 Å². The van der Waals surface area contributed by atoms with Crippen LogP contribution in [0.25, 0.3) is 10.9 Å². The number of pyridine rings is 1. The molecule has 15 heavy (non-hydrogen) atoms. The lowest BCUT2D eigenvalue weighted by Gasteiger charge is -2.04. The van der Waals surface area contributed by atoms with Gasteiger partial charge < -0.3 is 4.74 Å². The minimum absolute atomic E-state index is 0.445. The van der Waals surface area contributed by atoms with Crippen LogP contribution >= 0.6 is 12.2 Å². The zero-order valence-electron chi connectivity index (χ0n) is 8.43. The van der Waals surface area contributed by atoms with Gasteiger partial charge in [0.25, 0.3) is 0 Å². The SMILES string of the molecule is CC(=S)OCc1ccc2ccccc2n1. The molecule has 0 atom stereocenters. The van der Waals surface area contributed by atoms with Crippen molar-refractivity contribution < 1.29 is 4.74 Å². The fourth-order valence-electron chi connectivity index (χ4n) is 1.36. The Bertz CT molecular complexity index is 496. The Morgan fingerprint density at radius 1 is 1.27 bits per heavy atom. The topological polar surface area (TPSA) is 22.1 Å². The van der Waals surface area contributed by atoms with E-state index in [0.29, 0.717) is 11.7 Å². The van der Waals surface area contributed by atoms with Gasteiger partial charge in [0.2, 0.25) is 0 Å². The fourth-order valence-corrected chi connectivity index (χ4v) is 1.42. The van der Waals surface area contributed by atoms with Gasteiger partial charge in [0.15, 0.2) is 5.05 Å². The molecule has 0 N–H and O–H groups in total. The van der Waals surface area contributed by atoms with Crippen molar-refractivity contribution in [1.29, 1.82) is 0 Å². The summed E-state index contributed by atoms with van der Waals surface area (Å²) in [5.41, 5.74) is 1.89. The van der Waals surface area contributed by atoms with Gasteiger partial charge in [0, 0.05) is 12.3 Å². The molecule has 0 fully saturated rings. The van der Waals surface area contributed by atoms with Gasteiger partial charge in [-0.05, 0) is 24.4 Å². The Labute approximate surface area is 93.9 Å². The van der Waals surface area contributed by atoms with E-state index in [4.69, 9.17) is 17.0 Å². The molecule has 0 saturated carbocycles. The van der Waals surface area contributed by atoms with Gasteiger partial charge in [-0.1, -0.05) is 24.3 Å². The van der Waals surface area contributed by atoms with E-state index in [2.05, 4.69) is 4.98 Å². The largest absolute Gasteiger partial charge is 0.481 e. The summed E-state index contributed by atoms with van der Waals surface area (Å²) >= 11 is 4.84. The highest BCUT2D eigenvalue weighted by atomic mass is 32.1. The molecule has 0 saturated heterocycles. The van der Waals surface area contributed by atoms with Crippen LogP contribution in [-0.4, -0.2) is 10.0 Å². The van der Waals surface area contributed by atoms with Crippen LogP contribution in [0, 0.1) is 0 Å². The van der Waals surface area contributed by atoms with Crippen LogP contribution in [0.1, 0.15) is 12.6 Å². The molecule has 76 valence electrons. The highest BCUT2D eigenvalue weighted by molar-refractivity contribution is 7.80. The molecule has 0 aliphatic heterocycles. The second-order valence-electron chi connectivity index (χ2n) is 3.28. The third-order valence-corrected chi connectivity index (χ3v) is 2.20. The number of thiocarbonyl (C=S) groups is 1. The molecule has 0 radical (unpaired) electrons. The van der Waals surface area contributed by atoms with Crippen molar-refractivity contribution in [2.45, 2.75) is 13.5 Å². The predicted molar refractivity (Wildman–Crippen MR) is 64.8 cm³/mol.